The van der Waals surface area contributed by atoms with E-state index in [1.54, 1.807) is 0 Å². The lowest BCUT2D eigenvalue weighted by Gasteiger charge is -2.31. The lowest BCUT2D eigenvalue weighted by molar-refractivity contribution is 0.262. The minimum absolute atomic E-state index is 0.656. The first-order valence-electron chi connectivity index (χ1n) is 6.63. The minimum atomic E-state index is 0.656. The van der Waals surface area contributed by atoms with Crippen LogP contribution < -0.4 is 5.32 Å². The van der Waals surface area contributed by atoms with Crippen molar-refractivity contribution in [1.29, 1.82) is 0 Å². The van der Waals surface area contributed by atoms with Crippen LogP contribution in [0.15, 0.2) is 12.7 Å². The number of allylic oxidation sites excluding steroid dienone is 1. The van der Waals surface area contributed by atoms with Crippen LogP contribution in [0.2, 0.25) is 0 Å². The summed E-state index contributed by atoms with van der Waals surface area (Å²) in [5, 5.41) is 3.77. The molecule has 0 radical (unpaired) electrons. The molecule has 0 saturated heterocycles. The Hall–Kier alpha value is -0.300. The van der Waals surface area contributed by atoms with Crippen molar-refractivity contribution in [3.05, 3.63) is 12.7 Å². The van der Waals surface area contributed by atoms with Gasteiger partial charge >= 0.3 is 0 Å². The molecule has 0 bridgehead atoms. The molecular formula is C14H27N. The van der Waals surface area contributed by atoms with Crippen molar-refractivity contribution in [2.45, 2.75) is 70.9 Å². The molecule has 1 rings (SSSR count). The second-order valence-electron chi connectivity index (χ2n) is 5.07. The smallest absolute Gasteiger partial charge is 0.00721 e. The fourth-order valence-corrected chi connectivity index (χ4v) is 2.67. The van der Waals surface area contributed by atoms with Crippen LogP contribution in [0, 0.1) is 5.92 Å². The van der Waals surface area contributed by atoms with E-state index in [0.717, 1.165) is 18.4 Å². The van der Waals surface area contributed by atoms with Crippen molar-refractivity contribution in [2.75, 3.05) is 0 Å². The highest BCUT2D eigenvalue weighted by Crippen LogP contribution is 2.26. The molecule has 0 aromatic carbocycles. The second kappa shape index (κ2) is 7.05. The predicted octanol–water partition coefficient (Wildman–Crippen LogP) is 3.90. The summed E-state index contributed by atoms with van der Waals surface area (Å²) < 4.78 is 0. The van der Waals surface area contributed by atoms with Crippen molar-refractivity contribution >= 4 is 0 Å². The fraction of sp³-hybridized carbons (Fsp3) is 0.857. The van der Waals surface area contributed by atoms with Gasteiger partial charge in [0, 0.05) is 12.1 Å². The third-order valence-corrected chi connectivity index (χ3v) is 3.68. The van der Waals surface area contributed by atoms with Crippen LogP contribution in [-0.4, -0.2) is 12.1 Å². The highest BCUT2D eigenvalue weighted by Gasteiger charge is 2.21. The van der Waals surface area contributed by atoms with Gasteiger partial charge in [-0.25, -0.2) is 0 Å². The molecule has 0 aliphatic heterocycles. The van der Waals surface area contributed by atoms with Crippen molar-refractivity contribution in [1.82, 2.24) is 5.32 Å². The Morgan fingerprint density at radius 2 is 2.27 bits per heavy atom. The van der Waals surface area contributed by atoms with E-state index in [-0.39, 0.29) is 0 Å². The summed E-state index contributed by atoms with van der Waals surface area (Å²) in [4.78, 5) is 0. The molecule has 1 aliphatic rings. The highest BCUT2D eigenvalue weighted by atomic mass is 14.9. The SMILES string of the molecule is C=CCCC(C)NC1CCCC(CC)C1. The first kappa shape index (κ1) is 12.8. The molecule has 1 saturated carbocycles. The van der Waals surface area contributed by atoms with Gasteiger partial charge in [-0.05, 0) is 38.5 Å². The van der Waals surface area contributed by atoms with Gasteiger partial charge in [0.05, 0.1) is 0 Å². The molecule has 3 unspecified atom stereocenters. The first-order valence-corrected chi connectivity index (χ1v) is 6.63. The minimum Gasteiger partial charge on any atom is -0.311 e. The third-order valence-electron chi connectivity index (χ3n) is 3.68. The van der Waals surface area contributed by atoms with Crippen LogP contribution in [0.25, 0.3) is 0 Å². The maximum atomic E-state index is 3.78. The molecule has 1 aliphatic carbocycles. The summed E-state index contributed by atoms with van der Waals surface area (Å²) in [5.41, 5.74) is 0. The Kier molecular flexibility index (Phi) is 6.00. The van der Waals surface area contributed by atoms with Crippen LogP contribution in [-0.2, 0) is 0 Å². The fourth-order valence-electron chi connectivity index (χ4n) is 2.67. The Labute approximate surface area is 95.3 Å². The van der Waals surface area contributed by atoms with E-state index in [9.17, 15) is 0 Å². The molecule has 0 amide bonds. The lowest BCUT2D eigenvalue weighted by atomic mass is 9.84. The standard InChI is InChI=1S/C14H27N/c1-4-6-8-12(3)15-14-10-7-9-13(5-2)11-14/h4,12-15H,1,5-11H2,2-3H3. The van der Waals surface area contributed by atoms with Gasteiger partial charge in [0.25, 0.3) is 0 Å². The molecule has 1 nitrogen and oxygen atoms in total. The predicted molar refractivity (Wildman–Crippen MR) is 68.1 cm³/mol. The van der Waals surface area contributed by atoms with Gasteiger partial charge in [0.2, 0.25) is 0 Å². The Bertz CT molecular complexity index is 176. The van der Waals surface area contributed by atoms with E-state index in [4.69, 9.17) is 0 Å². The quantitative estimate of drug-likeness (QED) is 0.654. The number of hydrogen-bond acceptors (Lipinski definition) is 1. The van der Waals surface area contributed by atoms with E-state index in [1.165, 1.54) is 38.5 Å². The molecular weight excluding hydrogens is 182 g/mol. The van der Waals surface area contributed by atoms with Crippen LogP contribution in [0.5, 0.6) is 0 Å². The maximum Gasteiger partial charge on any atom is 0.00721 e. The average molecular weight is 209 g/mol. The zero-order chi connectivity index (χ0) is 11.1. The van der Waals surface area contributed by atoms with Gasteiger partial charge < -0.3 is 5.32 Å². The molecule has 0 aromatic rings. The van der Waals surface area contributed by atoms with Crippen molar-refractivity contribution < 1.29 is 0 Å². The Morgan fingerprint density at radius 3 is 2.93 bits per heavy atom. The van der Waals surface area contributed by atoms with Gasteiger partial charge in [-0.3, -0.25) is 0 Å². The molecule has 0 heterocycles. The molecule has 0 spiro atoms. The topological polar surface area (TPSA) is 12.0 Å². The van der Waals surface area contributed by atoms with Crippen LogP contribution in [0.4, 0.5) is 0 Å². The van der Waals surface area contributed by atoms with Crippen LogP contribution in [0.1, 0.15) is 58.8 Å². The van der Waals surface area contributed by atoms with Crippen LogP contribution in [0.3, 0.4) is 0 Å². The van der Waals surface area contributed by atoms with Gasteiger partial charge in [0.15, 0.2) is 0 Å². The summed E-state index contributed by atoms with van der Waals surface area (Å²) in [6.45, 7) is 8.41. The molecule has 15 heavy (non-hydrogen) atoms. The highest BCUT2D eigenvalue weighted by molar-refractivity contribution is 4.80. The normalized spacial score (nSPS) is 28.7. The van der Waals surface area contributed by atoms with Crippen LogP contribution >= 0.6 is 0 Å². The summed E-state index contributed by atoms with van der Waals surface area (Å²) in [7, 11) is 0. The van der Waals surface area contributed by atoms with Gasteiger partial charge in [-0.1, -0.05) is 32.3 Å². The van der Waals surface area contributed by atoms with E-state index in [0.29, 0.717) is 6.04 Å². The third kappa shape index (κ3) is 4.83. The Morgan fingerprint density at radius 1 is 1.47 bits per heavy atom. The number of hydrogen-bond donors (Lipinski definition) is 1. The molecule has 1 N–H and O–H groups in total. The van der Waals surface area contributed by atoms with E-state index < -0.39 is 0 Å². The largest absolute Gasteiger partial charge is 0.311 e. The zero-order valence-corrected chi connectivity index (χ0v) is 10.5. The van der Waals surface area contributed by atoms with Crippen molar-refractivity contribution in [3.8, 4) is 0 Å². The van der Waals surface area contributed by atoms with Gasteiger partial charge in [0.1, 0.15) is 0 Å². The monoisotopic (exact) mass is 209 g/mol. The lowest BCUT2D eigenvalue weighted by Crippen LogP contribution is -2.39. The number of nitrogens with one attached hydrogen (secondary N) is 1. The van der Waals surface area contributed by atoms with E-state index >= 15 is 0 Å². The molecule has 1 heteroatoms. The maximum absolute atomic E-state index is 3.78. The average Bonchev–Trinajstić information content (AvgIpc) is 2.26. The molecule has 3 atom stereocenters. The Balaban J connectivity index is 2.21. The van der Waals surface area contributed by atoms with E-state index in [2.05, 4.69) is 25.7 Å². The van der Waals surface area contributed by atoms with Gasteiger partial charge in [-0.2, -0.15) is 0 Å². The summed E-state index contributed by atoms with van der Waals surface area (Å²) in [6, 6.07) is 1.44. The summed E-state index contributed by atoms with van der Waals surface area (Å²) in [5.74, 6) is 0.975. The summed E-state index contributed by atoms with van der Waals surface area (Å²) >= 11 is 0. The van der Waals surface area contributed by atoms with Gasteiger partial charge in [-0.15, -0.1) is 6.58 Å². The van der Waals surface area contributed by atoms with E-state index in [1.807, 2.05) is 6.08 Å². The molecule has 1 fully saturated rings. The molecule has 88 valence electrons. The van der Waals surface area contributed by atoms with Crippen molar-refractivity contribution in [2.24, 2.45) is 5.92 Å². The first-order chi connectivity index (χ1) is 7.26. The second-order valence-corrected chi connectivity index (χ2v) is 5.07. The van der Waals surface area contributed by atoms with Crippen molar-refractivity contribution in [3.63, 3.8) is 0 Å². The molecule has 0 aromatic heterocycles. The zero-order valence-electron chi connectivity index (χ0n) is 10.5. The summed E-state index contributed by atoms with van der Waals surface area (Å²) in [6.07, 6.45) is 11.4. The number of rotatable bonds is 6.